The van der Waals surface area contributed by atoms with Crippen LogP contribution in [-0.2, 0) is 25.5 Å². The molecule has 0 bridgehead atoms. The summed E-state index contributed by atoms with van der Waals surface area (Å²) in [4.78, 5) is 39.3. The monoisotopic (exact) mass is 411 g/mol. The van der Waals surface area contributed by atoms with Crippen molar-refractivity contribution in [3.05, 3.63) is 65.1 Å². The summed E-state index contributed by atoms with van der Waals surface area (Å²) in [6, 6.07) is 11.4. The molecular weight excluding hydrogens is 390 g/mol. The van der Waals surface area contributed by atoms with Gasteiger partial charge < -0.3 is 24.3 Å². The van der Waals surface area contributed by atoms with Crippen LogP contribution in [0.3, 0.4) is 0 Å². The molecule has 4 rings (SSSR count). The number of hydrogen-bond acceptors (Lipinski definition) is 7. The molecule has 30 heavy (non-hydrogen) atoms. The Balaban J connectivity index is 1.76. The van der Waals surface area contributed by atoms with Crippen LogP contribution >= 0.6 is 0 Å². The predicted molar refractivity (Wildman–Crippen MR) is 104 cm³/mol. The third-order valence-electron chi connectivity index (χ3n) is 5.62. The molecule has 0 saturated carbocycles. The van der Waals surface area contributed by atoms with Crippen molar-refractivity contribution >= 4 is 23.2 Å². The van der Waals surface area contributed by atoms with Crippen LogP contribution in [0.15, 0.2) is 52.5 Å². The number of hydrogen-bond donors (Lipinski definition) is 2. The molecule has 2 aliphatic heterocycles. The average Bonchev–Trinajstić information content (AvgIpc) is 3.41. The number of Topliss-reactive ketones (excluding diaryl/α,β-unsaturated/α-hetero) is 2. The molecule has 1 spiro atoms. The van der Waals surface area contributed by atoms with Crippen molar-refractivity contribution in [2.45, 2.75) is 37.7 Å². The molecule has 0 aliphatic carbocycles. The summed E-state index contributed by atoms with van der Waals surface area (Å²) in [6.07, 6.45) is -1.30. The minimum absolute atomic E-state index is 0.0490. The largest absolute Gasteiger partial charge is 0.462 e. The van der Waals surface area contributed by atoms with Crippen molar-refractivity contribution in [2.24, 2.45) is 0 Å². The highest BCUT2D eigenvalue weighted by Crippen LogP contribution is 2.45. The number of carbonyl (C=O) groups is 3. The Labute approximate surface area is 172 Å². The highest BCUT2D eigenvalue weighted by molar-refractivity contribution is 6.25. The zero-order chi connectivity index (χ0) is 21.7. The molecule has 2 N–H and O–H groups in total. The van der Waals surface area contributed by atoms with Gasteiger partial charge in [0.2, 0.25) is 17.3 Å². The third kappa shape index (κ3) is 2.50. The van der Waals surface area contributed by atoms with Gasteiger partial charge in [0.1, 0.15) is 5.76 Å². The first kappa shape index (κ1) is 20.1. The molecular formula is C22H21NO7. The SMILES string of the molecule is CCc1ccc(C2=C(C)C(=O)[C@]3(O2)C(=O)N[C@](OC)(C(=O)c2ccccc2)[C@@H]3O)o1. The van der Waals surface area contributed by atoms with Gasteiger partial charge in [0, 0.05) is 24.7 Å². The lowest BCUT2D eigenvalue weighted by Crippen LogP contribution is -2.60. The molecule has 3 atom stereocenters. The van der Waals surface area contributed by atoms with Gasteiger partial charge in [-0.3, -0.25) is 14.4 Å². The number of furan rings is 1. The molecule has 156 valence electrons. The Morgan fingerprint density at radius 3 is 2.50 bits per heavy atom. The zero-order valence-corrected chi connectivity index (χ0v) is 16.7. The van der Waals surface area contributed by atoms with Gasteiger partial charge in [-0.1, -0.05) is 37.3 Å². The van der Waals surface area contributed by atoms with Crippen LogP contribution in [0.1, 0.15) is 35.7 Å². The number of methoxy groups -OCH3 is 1. The van der Waals surface area contributed by atoms with Gasteiger partial charge in [0.15, 0.2) is 17.6 Å². The van der Waals surface area contributed by atoms with E-state index in [4.69, 9.17) is 13.9 Å². The molecule has 2 aliphatic rings. The van der Waals surface area contributed by atoms with Crippen LogP contribution in [0.2, 0.25) is 0 Å². The average molecular weight is 411 g/mol. The van der Waals surface area contributed by atoms with Crippen LogP contribution in [-0.4, -0.2) is 47.1 Å². The number of nitrogens with one attached hydrogen (secondary N) is 1. The van der Waals surface area contributed by atoms with Crippen molar-refractivity contribution in [1.82, 2.24) is 5.32 Å². The molecule has 1 aromatic heterocycles. The zero-order valence-electron chi connectivity index (χ0n) is 16.7. The van der Waals surface area contributed by atoms with Crippen molar-refractivity contribution in [1.29, 1.82) is 0 Å². The van der Waals surface area contributed by atoms with Crippen molar-refractivity contribution in [2.75, 3.05) is 7.11 Å². The summed E-state index contributed by atoms with van der Waals surface area (Å²) in [5.41, 5.74) is -4.22. The van der Waals surface area contributed by atoms with Crippen LogP contribution in [0, 0.1) is 0 Å². The summed E-state index contributed by atoms with van der Waals surface area (Å²) >= 11 is 0. The quantitative estimate of drug-likeness (QED) is 0.568. The first-order valence-electron chi connectivity index (χ1n) is 9.51. The Kier molecular flexibility index (Phi) is 4.63. The number of ether oxygens (including phenoxy) is 2. The van der Waals surface area contributed by atoms with Gasteiger partial charge in [0.25, 0.3) is 11.5 Å². The van der Waals surface area contributed by atoms with Gasteiger partial charge in [-0.2, -0.15) is 0 Å². The Morgan fingerprint density at radius 1 is 1.20 bits per heavy atom. The van der Waals surface area contributed by atoms with Crippen LogP contribution in [0.4, 0.5) is 0 Å². The van der Waals surface area contributed by atoms with E-state index < -0.39 is 34.9 Å². The lowest BCUT2D eigenvalue weighted by Gasteiger charge is -2.32. The molecule has 8 nitrogen and oxygen atoms in total. The topological polar surface area (TPSA) is 115 Å². The summed E-state index contributed by atoms with van der Waals surface area (Å²) in [6.45, 7) is 3.38. The van der Waals surface area contributed by atoms with Gasteiger partial charge >= 0.3 is 0 Å². The number of ketones is 2. The van der Waals surface area contributed by atoms with Crippen LogP contribution < -0.4 is 5.32 Å². The maximum absolute atomic E-state index is 13.2. The number of amides is 1. The first-order chi connectivity index (χ1) is 14.3. The first-order valence-corrected chi connectivity index (χ1v) is 9.51. The minimum Gasteiger partial charge on any atom is -0.462 e. The fraction of sp³-hybridized carbons (Fsp3) is 0.318. The maximum Gasteiger partial charge on any atom is 0.279 e. The lowest BCUT2D eigenvalue weighted by molar-refractivity contribution is -0.156. The predicted octanol–water partition coefficient (Wildman–Crippen LogP) is 1.63. The normalized spacial score (nSPS) is 28.2. The van der Waals surface area contributed by atoms with Gasteiger partial charge in [-0.05, 0) is 19.1 Å². The summed E-state index contributed by atoms with van der Waals surface area (Å²) in [7, 11) is 1.17. The lowest BCUT2D eigenvalue weighted by atomic mass is 9.85. The van der Waals surface area contributed by atoms with Crippen molar-refractivity contribution < 1.29 is 33.4 Å². The minimum atomic E-state index is -2.35. The number of aliphatic hydroxyl groups excluding tert-OH is 1. The number of aryl methyl sites for hydroxylation is 1. The van der Waals surface area contributed by atoms with E-state index in [0.29, 0.717) is 12.2 Å². The van der Waals surface area contributed by atoms with E-state index in [-0.39, 0.29) is 22.7 Å². The Bertz CT molecular complexity index is 1070. The number of benzene rings is 1. The van der Waals surface area contributed by atoms with E-state index in [1.54, 1.807) is 30.3 Å². The van der Waals surface area contributed by atoms with E-state index >= 15 is 0 Å². The molecule has 2 aromatic rings. The number of aliphatic hydroxyl groups is 1. The second-order valence-electron chi connectivity index (χ2n) is 7.23. The van der Waals surface area contributed by atoms with E-state index in [1.807, 2.05) is 6.92 Å². The third-order valence-corrected chi connectivity index (χ3v) is 5.62. The van der Waals surface area contributed by atoms with Gasteiger partial charge in [0.05, 0.1) is 0 Å². The summed E-state index contributed by atoms with van der Waals surface area (Å²) < 4.78 is 16.8. The standard InChI is InChI=1S/C22H21NO7/c1-4-14-10-11-15(29-14)16-12(2)17(24)21(30-16)19(26)22(28-3,23-20(21)27)18(25)13-8-6-5-7-9-13/h5-11,19,26H,4H2,1-3H3,(H,23,27)/t19-,21-,22+/m1/s1. The van der Waals surface area contributed by atoms with Gasteiger partial charge in [-0.15, -0.1) is 0 Å². The molecule has 1 amide bonds. The maximum atomic E-state index is 13.2. The molecule has 3 heterocycles. The molecule has 8 heteroatoms. The number of rotatable bonds is 5. The number of carbonyl (C=O) groups excluding carboxylic acids is 3. The summed E-state index contributed by atoms with van der Waals surface area (Å²) in [5, 5.41) is 13.5. The molecule has 1 saturated heterocycles. The highest BCUT2D eigenvalue weighted by Gasteiger charge is 2.74. The molecule has 1 aromatic carbocycles. The Hall–Kier alpha value is -3.23. The fourth-order valence-electron chi connectivity index (χ4n) is 3.90. The van der Waals surface area contributed by atoms with Crippen LogP contribution in [0.25, 0.3) is 5.76 Å². The fourth-order valence-corrected chi connectivity index (χ4v) is 3.90. The second-order valence-corrected chi connectivity index (χ2v) is 7.23. The van der Waals surface area contributed by atoms with E-state index in [0.717, 1.165) is 0 Å². The second kappa shape index (κ2) is 6.93. The summed E-state index contributed by atoms with van der Waals surface area (Å²) in [5.74, 6) is -1.42. The van der Waals surface area contributed by atoms with E-state index in [2.05, 4.69) is 5.32 Å². The van der Waals surface area contributed by atoms with Crippen LogP contribution in [0.5, 0.6) is 0 Å². The van der Waals surface area contributed by atoms with E-state index in [9.17, 15) is 19.5 Å². The smallest absolute Gasteiger partial charge is 0.279 e. The van der Waals surface area contributed by atoms with E-state index in [1.165, 1.54) is 26.2 Å². The highest BCUT2D eigenvalue weighted by atomic mass is 16.6. The van der Waals surface area contributed by atoms with Crippen molar-refractivity contribution in [3.63, 3.8) is 0 Å². The molecule has 1 fully saturated rings. The van der Waals surface area contributed by atoms with Gasteiger partial charge in [-0.25, -0.2) is 0 Å². The Morgan fingerprint density at radius 2 is 1.90 bits per heavy atom. The molecule has 0 unspecified atom stereocenters. The molecule has 0 radical (unpaired) electrons. The van der Waals surface area contributed by atoms with Crippen molar-refractivity contribution in [3.8, 4) is 0 Å².